The van der Waals surface area contributed by atoms with Crippen molar-refractivity contribution in [1.82, 2.24) is 15.1 Å². The van der Waals surface area contributed by atoms with E-state index in [2.05, 4.69) is 35.7 Å². The monoisotopic (exact) mass is 385 g/mol. The predicted molar refractivity (Wildman–Crippen MR) is 110 cm³/mol. The van der Waals surface area contributed by atoms with E-state index in [1.807, 2.05) is 19.0 Å². The van der Waals surface area contributed by atoms with Crippen molar-refractivity contribution in [2.45, 2.75) is 44.2 Å². The zero-order chi connectivity index (χ0) is 20.3. The van der Waals surface area contributed by atoms with Crippen LogP contribution in [-0.2, 0) is 9.59 Å². The molecule has 3 atom stereocenters. The molecule has 0 unspecified atom stereocenters. The third-order valence-corrected chi connectivity index (χ3v) is 5.77. The minimum absolute atomic E-state index is 0.0140. The number of carbonyl (C=O) groups is 2. The predicted octanol–water partition coefficient (Wildman–Crippen LogP) is 1.61. The van der Waals surface area contributed by atoms with E-state index in [9.17, 15) is 14.7 Å². The molecule has 1 aliphatic heterocycles. The Bertz CT molecular complexity index is 742. The smallest absolute Gasteiger partial charge is 0.234 e. The van der Waals surface area contributed by atoms with Crippen molar-refractivity contribution in [2.24, 2.45) is 0 Å². The lowest BCUT2D eigenvalue weighted by Gasteiger charge is -2.54. The summed E-state index contributed by atoms with van der Waals surface area (Å²) in [6.45, 7) is 2.13. The standard InChI is InChI=1S/C22H31N3O3/c1-15(27)25-19(12-23-21(28)13-24(2)3)22(20(25)14-26)18-10-8-17(9-11-18)16-6-4-5-7-16/h6,8-11,19-20,22,26H,4-5,7,12-14H2,1-3H3,(H,23,28)/t19-,20-,22-/m1/s1. The van der Waals surface area contributed by atoms with Crippen LogP contribution in [0.4, 0.5) is 0 Å². The maximum Gasteiger partial charge on any atom is 0.234 e. The van der Waals surface area contributed by atoms with Crippen LogP contribution in [-0.4, -0.2) is 72.6 Å². The molecule has 0 spiro atoms. The van der Waals surface area contributed by atoms with Gasteiger partial charge >= 0.3 is 0 Å². The molecule has 1 saturated heterocycles. The van der Waals surface area contributed by atoms with Crippen LogP contribution in [0.5, 0.6) is 0 Å². The van der Waals surface area contributed by atoms with Crippen LogP contribution in [0.15, 0.2) is 30.3 Å². The van der Waals surface area contributed by atoms with Gasteiger partial charge in [-0.25, -0.2) is 0 Å². The zero-order valence-corrected chi connectivity index (χ0v) is 17.0. The maximum absolute atomic E-state index is 12.1. The Labute approximate surface area is 167 Å². The van der Waals surface area contributed by atoms with E-state index in [1.165, 1.54) is 24.5 Å². The van der Waals surface area contributed by atoms with E-state index < -0.39 is 0 Å². The fraction of sp³-hybridized carbons (Fsp3) is 0.545. The largest absolute Gasteiger partial charge is 0.394 e. The van der Waals surface area contributed by atoms with Crippen molar-refractivity contribution >= 4 is 17.4 Å². The summed E-state index contributed by atoms with van der Waals surface area (Å²) in [5.41, 5.74) is 3.75. The molecule has 2 aliphatic rings. The van der Waals surface area contributed by atoms with Gasteiger partial charge in [-0.1, -0.05) is 30.3 Å². The van der Waals surface area contributed by atoms with Crippen LogP contribution < -0.4 is 5.32 Å². The van der Waals surface area contributed by atoms with Crippen molar-refractivity contribution < 1.29 is 14.7 Å². The van der Waals surface area contributed by atoms with E-state index >= 15 is 0 Å². The number of nitrogens with zero attached hydrogens (tertiary/aromatic N) is 2. The molecule has 1 aliphatic carbocycles. The number of benzene rings is 1. The maximum atomic E-state index is 12.1. The molecule has 2 N–H and O–H groups in total. The number of carbonyl (C=O) groups excluding carboxylic acids is 2. The van der Waals surface area contributed by atoms with Gasteiger partial charge in [0.1, 0.15) is 0 Å². The van der Waals surface area contributed by atoms with E-state index in [1.54, 1.807) is 4.90 Å². The summed E-state index contributed by atoms with van der Waals surface area (Å²) in [5.74, 6) is -0.127. The lowest BCUT2D eigenvalue weighted by Crippen LogP contribution is -2.68. The molecule has 0 bridgehead atoms. The summed E-state index contributed by atoms with van der Waals surface area (Å²) in [6, 6.07) is 8.10. The van der Waals surface area contributed by atoms with Gasteiger partial charge in [-0.2, -0.15) is 0 Å². The minimum Gasteiger partial charge on any atom is -0.394 e. The Balaban J connectivity index is 1.75. The van der Waals surface area contributed by atoms with Gasteiger partial charge in [-0.3, -0.25) is 9.59 Å². The number of likely N-dealkylation sites (N-methyl/N-ethyl adjacent to an activating group) is 1. The van der Waals surface area contributed by atoms with Gasteiger partial charge in [0.05, 0.1) is 25.2 Å². The zero-order valence-electron chi connectivity index (χ0n) is 17.0. The second kappa shape index (κ2) is 8.88. The SMILES string of the molecule is CC(=O)N1[C@H](CO)[C@H](c2ccc(C3=CCCC3)cc2)[C@H]1CNC(=O)CN(C)C. The average molecular weight is 386 g/mol. The summed E-state index contributed by atoms with van der Waals surface area (Å²) in [6.07, 6.45) is 5.79. The molecule has 1 fully saturated rings. The molecule has 1 heterocycles. The molecule has 1 aromatic carbocycles. The first-order valence-corrected chi connectivity index (χ1v) is 10.0. The molecular weight excluding hydrogens is 354 g/mol. The lowest BCUT2D eigenvalue weighted by atomic mass is 9.74. The second-order valence-corrected chi connectivity index (χ2v) is 8.05. The van der Waals surface area contributed by atoms with Crippen molar-refractivity contribution in [3.05, 3.63) is 41.5 Å². The second-order valence-electron chi connectivity index (χ2n) is 8.05. The molecule has 152 valence electrons. The Morgan fingerprint density at radius 3 is 2.46 bits per heavy atom. The van der Waals surface area contributed by atoms with Crippen LogP contribution in [0.3, 0.4) is 0 Å². The fourth-order valence-corrected chi connectivity index (χ4v) is 4.50. The van der Waals surface area contributed by atoms with E-state index in [-0.39, 0.29) is 36.4 Å². The fourth-order valence-electron chi connectivity index (χ4n) is 4.50. The first-order valence-electron chi connectivity index (χ1n) is 10.0. The van der Waals surface area contributed by atoms with Gasteiger partial charge in [0.2, 0.25) is 11.8 Å². The van der Waals surface area contributed by atoms with Gasteiger partial charge in [0, 0.05) is 19.4 Å². The quantitative estimate of drug-likeness (QED) is 0.748. The van der Waals surface area contributed by atoms with E-state index in [0.29, 0.717) is 13.1 Å². The summed E-state index contributed by atoms with van der Waals surface area (Å²) >= 11 is 0. The van der Waals surface area contributed by atoms with E-state index in [0.717, 1.165) is 18.4 Å². The molecule has 2 amide bonds. The van der Waals surface area contributed by atoms with Gasteiger partial charge in [-0.15, -0.1) is 0 Å². The highest BCUT2D eigenvalue weighted by molar-refractivity contribution is 5.79. The molecule has 0 radical (unpaired) electrons. The molecule has 6 heteroatoms. The first-order chi connectivity index (χ1) is 13.4. The Kier molecular flexibility index (Phi) is 6.52. The summed E-state index contributed by atoms with van der Waals surface area (Å²) in [4.78, 5) is 27.7. The number of allylic oxidation sites excluding steroid dienone is 2. The molecule has 3 rings (SSSR count). The Morgan fingerprint density at radius 1 is 1.21 bits per heavy atom. The van der Waals surface area contributed by atoms with Crippen LogP contribution in [0.1, 0.15) is 43.2 Å². The number of hydrogen-bond acceptors (Lipinski definition) is 4. The third kappa shape index (κ3) is 4.28. The molecule has 0 aromatic heterocycles. The highest BCUT2D eigenvalue weighted by atomic mass is 16.3. The average Bonchev–Trinajstić information content (AvgIpc) is 3.15. The number of aliphatic hydroxyl groups excluding tert-OH is 1. The number of rotatable bonds is 7. The van der Waals surface area contributed by atoms with Crippen LogP contribution in [0.25, 0.3) is 5.57 Å². The number of aliphatic hydroxyl groups is 1. The van der Waals surface area contributed by atoms with Gasteiger partial charge in [-0.05, 0) is 50.1 Å². The van der Waals surface area contributed by atoms with Crippen LogP contribution in [0, 0.1) is 0 Å². The number of nitrogens with one attached hydrogen (secondary N) is 1. The first kappa shape index (κ1) is 20.6. The van der Waals surface area contributed by atoms with Crippen LogP contribution >= 0.6 is 0 Å². The number of likely N-dealkylation sites (tertiary alicyclic amines) is 1. The number of amides is 2. The summed E-state index contributed by atoms with van der Waals surface area (Å²) in [7, 11) is 3.69. The van der Waals surface area contributed by atoms with Gasteiger partial charge < -0.3 is 20.2 Å². The van der Waals surface area contributed by atoms with Gasteiger partial charge in [0.25, 0.3) is 0 Å². The summed E-state index contributed by atoms with van der Waals surface area (Å²) in [5, 5.41) is 12.8. The van der Waals surface area contributed by atoms with Crippen molar-refractivity contribution in [3.8, 4) is 0 Å². The van der Waals surface area contributed by atoms with Crippen molar-refractivity contribution in [3.63, 3.8) is 0 Å². The van der Waals surface area contributed by atoms with E-state index in [4.69, 9.17) is 0 Å². The lowest BCUT2D eigenvalue weighted by molar-refractivity contribution is -0.148. The molecule has 0 saturated carbocycles. The van der Waals surface area contributed by atoms with Gasteiger partial charge in [0.15, 0.2) is 0 Å². The van der Waals surface area contributed by atoms with Crippen molar-refractivity contribution in [2.75, 3.05) is 33.8 Å². The van der Waals surface area contributed by atoms with Crippen LogP contribution in [0.2, 0.25) is 0 Å². The molecular formula is C22H31N3O3. The Hall–Kier alpha value is -2.18. The molecule has 28 heavy (non-hydrogen) atoms. The molecule has 6 nitrogen and oxygen atoms in total. The third-order valence-electron chi connectivity index (χ3n) is 5.77. The topological polar surface area (TPSA) is 72.9 Å². The normalized spacial score (nSPS) is 24.1. The molecule has 1 aromatic rings. The highest BCUT2D eigenvalue weighted by Gasteiger charge is 2.49. The Morgan fingerprint density at radius 2 is 1.93 bits per heavy atom. The number of hydrogen-bond donors (Lipinski definition) is 2. The summed E-state index contributed by atoms with van der Waals surface area (Å²) < 4.78 is 0. The minimum atomic E-state index is -0.246. The highest BCUT2D eigenvalue weighted by Crippen LogP contribution is 2.41. The van der Waals surface area contributed by atoms with Crippen molar-refractivity contribution in [1.29, 1.82) is 0 Å².